The number of nitrogens with zero attached hydrogens (tertiary/aromatic N) is 1. The topological polar surface area (TPSA) is 32.3 Å². The van der Waals surface area contributed by atoms with Gasteiger partial charge in [0.2, 0.25) is 5.91 Å². The molecule has 1 N–H and O–H groups in total. The Labute approximate surface area is 101 Å². The lowest BCUT2D eigenvalue weighted by molar-refractivity contribution is -0.130. The molecule has 1 unspecified atom stereocenters. The summed E-state index contributed by atoms with van der Waals surface area (Å²) in [6.45, 7) is 2.44. The Morgan fingerprint density at radius 2 is 2.33 bits per heavy atom. The molecule has 1 aromatic rings. The molecule has 0 bridgehead atoms. The van der Waals surface area contributed by atoms with Crippen LogP contribution in [0.15, 0.2) is 17.5 Å². The molecule has 0 aromatic carbocycles. The summed E-state index contributed by atoms with van der Waals surface area (Å²) in [5.41, 5.74) is 0. The molecule has 0 radical (unpaired) electrons. The summed E-state index contributed by atoms with van der Waals surface area (Å²) in [6.07, 6.45) is 0. The van der Waals surface area contributed by atoms with Crippen LogP contribution < -0.4 is 5.32 Å². The first-order valence-electron chi connectivity index (χ1n) is 4.60. The predicted molar refractivity (Wildman–Crippen MR) is 66.7 cm³/mol. The normalized spacial score (nSPS) is 11.7. The van der Waals surface area contributed by atoms with Crippen molar-refractivity contribution in [2.24, 2.45) is 0 Å². The number of halogens is 1. The molecule has 0 aliphatic heterocycles. The molecule has 0 aliphatic rings. The van der Waals surface area contributed by atoms with Gasteiger partial charge in [0, 0.05) is 11.9 Å². The highest BCUT2D eigenvalue weighted by Gasteiger charge is 2.16. The first-order chi connectivity index (χ1) is 6.66. The van der Waals surface area contributed by atoms with E-state index in [1.807, 2.05) is 25.4 Å². The smallest absolute Gasteiger partial charge is 0.236 e. The SMILES string of the molecule is CNCC(=O)N(C)C(C)c1cccs1.Cl. The Morgan fingerprint density at radius 1 is 1.67 bits per heavy atom. The summed E-state index contributed by atoms with van der Waals surface area (Å²) in [5, 5.41) is 4.89. The number of carbonyl (C=O) groups excluding carboxylic acids is 1. The Balaban J connectivity index is 0.00000196. The predicted octanol–water partition coefficient (Wildman–Crippen LogP) is 1.91. The van der Waals surface area contributed by atoms with Crippen molar-refractivity contribution in [1.29, 1.82) is 0 Å². The first kappa shape index (κ1) is 14.4. The number of thiophene rings is 1. The fraction of sp³-hybridized carbons (Fsp3) is 0.500. The van der Waals surface area contributed by atoms with Crippen molar-refractivity contribution >= 4 is 29.7 Å². The van der Waals surface area contributed by atoms with Crippen molar-refractivity contribution in [1.82, 2.24) is 10.2 Å². The fourth-order valence-corrected chi connectivity index (χ4v) is 2.04. The van der Waals surface area contributed by atoms with Gasteiger partial charge in [-0.15, -0.1) is 23.7 Å². The molecule has 86 valence electrons. The van der Waals surface area contributed by atoms with Crippen molar-refractivity contribution in [2.75, 3.05) is 20.6 Å². The van der Waals surface area contributed by atoms with Gasteiger partial charge in [0.05, 0.1) is 12.6 Å². The number of hydrogen-bond donors (Lipinski definition) is 1. The highest BCUT2D eigenvalue weighted by Crippen LogP contribution is 2.22. The second kappa shape index (κ2) is 6.82. The van der Waals surface area contributed by atoms with Gasteiger partial charge in [0.1, 0.15) is 0 Å². The maximum Gasteiger partial charge on any atom is 0.236 e. The second-order valence-corrected chi connectivity index (χ2v) is 4.21. The zero-order valence-electron chi connectivity index (χ0n) is 9.19. The molecule has 1 atom stereocenters. The van der Waals surface area contributed by atoms with E-state index in [0.29, 0.717) is 6.54 Å². The van der Waals surface area contributed by atoms with Crippen molar-refractivity contribution in [3.63, 3.8) is 0 Å². The molecular formula is C10H17ClN2OS. The maximum absolute atomic E-state index is 11.5. The lowest BCUT2D eigenvalue weighted by Gasteiger charge is -2.23. The Kier molecular flexibility index (Phi) is 6.56. The van der Waals surface area contributed by atoms with E-state index in [2.05, 4.69) is 11.4 Å². The van der Waals surface area contributed by atoms with E-state index in [0.717, 1.165) is 0 Å². The number of amides is 1. The van der Waals surface area contributed by atoms with Crippen LogP contribution in [0.2, 0.25) is 0 Å². The largest absolute Gasteiger partial charge is 0.337 e. The van der Waals surface area contributed by atoms with Gasteiger partial charge in [0.25, 0.3) is 0 Å². The zero-order valence-corrected chi connectivity index (χ0v) is 10.8. The van der Waals surface area contributed by atoms with Crippen LogP contribution in [0.5, 0.6) is 0 Å². The molecular weight excluding hydrogens is 232 g/mol. The average Bonchev–Trinajstić information content (AvgIpc) is 2.68. The third-order valence-electron chi connectivity index (χ3n) is 2.26. The summed E-state index contributed by atoms with van der Waals surface area (Å²) < 4.78 is 0. The third-order valence-corrected chi connectivity index (χ3v) is 3.30. The first-order valence-corrected chi connectivity index (χ1v) is 5.48. The highest BCUT2D eigenvalue weighted by molar-refractivity contribution is 7.10. The van der Waals surface area contributed by atoms with Gasteiger partial charge in [-0.05, 0) is 25.4 Å². The van der Waals surface area contributed by atoms with Gasteiger partial charge in [-0.1, -0.05) is 6.07 Å². The highest BCUT2D eigenvalue weighted by atomic mass is 35.5. The van der Waals surface area contributed by atoms with Gasteiger partial charge in [0.15, 0.2) is 0 Å². The van der Waals surface area contributed by atoms with E-state index in [1.165, 1.54) is 4.88 Å². The minimum absolute atomic E-state index is 0. The molecule has 0 fully saturated rings. The van der Waals surface area contributed by atoms with Crippen LogP contribution in [0.4, 0.5) is 0 Å². The Bertz CT molecular complexity index is 290. The standard InChI is InChI=1S/C10H16N2OS.ClH/c1-8(9-5-4-6-14-9)12(3)10(13)7-11-2;/h4-6,8,11H,7H2,1-3H3;1H. The summed E-state index contributed by atoms with van der Waals surface area (Å²) in [4.78, 5) is 14.5. The number of nitrogens with one attached hydrogen (secondary N) is 1. The molecule has 0 saturated carbocycles. The molecule has 0 saturated heterocycles. The van der Waals surface area contributed by atoms with E-state index in [1.54, 1.807) is 23.3 Å². The maximum atomic E-state index is 11.5. The van der Waals surface area contributed by atoms with Crippen LogP contribution in [-0.4, -0.2) is 31.4 Å². The van der Waals surface area contributed by atoms with E-state index >= 15 is 0 Å². The van der Waals surface area contributed by atoms with Crippen LogP contribution in [0.25, 0.3) is 0 Å². The molecule has 3 nitrogen and oxygen atoms in total. The molecule has 0 spiro atoms. The molecule has 0 aliphatic carbocycles. The average molecular weight is 249 g/mol. The summed E-state index contributed by atoms with van der Waals surface area (Å²) in [5.74, 6) is 0.119. The lowest BCUT2D eigenvalue weighted by atomic mass is 10.2. The van der Waals surface area contributed by atoms with Crippen molar-refractivity contribution in [3.05, 3.63) is 22.4 Å². The molecule has 1 aromatic heterocycles. The minimum Gasteiger partial charge on any atom is -0.337 e. The summed E-state index contributed by atoms with van der Waals surface area (Å²) in [7, 11) is 3.62. The fourth-order valence-electron chi connectivity index (χ4n) is 1.21. The Hall–Kier alpha value is -0.580. The van der Waals surface area contributed by atoms with Crippen molar-refractivity contribution in [2.45, 2.75) is 13.0 Å². The van der Waals surface area contributed by atoms with Crippen LogP contribution >= 0.6 is 23.7 Å². The summed E-state index contributed by atoms with van der Waals surface area (Å²) in [6, 6.07) is 4.22. The van der Waals surface area contributed by atoms with Gasteiger partial charge in [-0.3, -0.25) is 4.79 Å². The zero-order chi connectivity index (χ0) is 10.6. The van der Waals surface area contributed by atoms with E-state index in [9.17, 15) is 4.79 Å². The quantitative estimate of drug-likeness (QED) is 0.883. The van der Waals surface area contributed by atoms with Crippen LogP contribution in [0, 0.1) is 0 Å². The van der Waals surface area contributed by atoms with Crippen LogP contribution in [0.1, 0.15) is 17.8 Å². The van der Waals surface area contributed by atoms with E-state index < -0.39 is 0 Å². The number of carbonyl (C=O) groups is 1. The van der Waals surface area contributed by atoms with Gasteiger partial charge in [-0.2, -0.15) is 0 Å². The lowest BCUT2D eigenvalue weighted by Crippen LogP contribution is -2.35. The molecule has 5 heteroatoms. The van der Waals surface area contributed by atoms with Gasteiger partial charge < -0.3 is 10.2 Å². The molecule has 1 rings (SSSR count). The van der Waals surface area contributed by atoms with E-state index in [4.69, 9.17) is 0 Å². The van der Waals surface area contributed by atoms with Crippen LogP contribution in [-0.2, 0) is 4.79 Å². The van der Waals surface area contributed by atoms with E-state index in [-0.39, 0.29) is 24.4 Å². The molecule has 15 heavy (non-hydrogen) atoms. The molecule has 1 amide bonds. The van der Waals surface area contributed by atoms with Crippen molar-refractivity contribution in [3.8, 4) is 0 Å². The Morgan fingerprint density at radius 3 is 2.80 bits per heavy atom. The summed E-state index contributed by atoms with van der Waals surface area (Å²) >= 11 is 1.68. The molecule has 1 heterocycles. The van der Waals surface area contributed by atoms with Crippen LogP contribution in [0.3, 0.4) is 0 Å². The van der Waals surface area contributed by atoms with Gasteiger partial charge in [-0.25, -0.2) is 0 Å². The van der Waals surface area contributed by atoms with Crippen molar-refractivity contribution < 1.29 is 4.79 Å². The minimum atomic E-state index is 0. The third kappa shape index (κ3) is 3.81. The number of likely N-dealkylation sites (N-methyl/N-ethyl adjacent to an activating group) is 2. The number of hydrogen-bond acceptors (Lipinski definition) is 3. The monoisotopic (exact) mass is 248 g/mol. The second-order valence-electron chi connectivity index (χ2n) is 3.23. The number of rotatable bonds is 4. The van der Waals surface area contributed by atoms with Gasteiger partial charge >= 0.3 is 0 Å².